The quantitative estimate of drug-likeness (QED) is 0.133. The average molecular weight is 468 g/mol. The Morgan fingerprint density at radius 1 is 1.28 bits per heavy atom. The van der Waals surface area contributed by atoms with Gasteiger partial charge in [0.05, 0.1) is 13.2 Å². The molecule has 3 atom stereocenters. The number of carbonyl (C=O) groups excluding carboxylic acids is 3. The van der Waals surface area contributed by atoms with E-state index in [2.05, 4.69) is 15.0 Å². The summed E-state index contributed by atoms with van der Waals surface area (Å²) in [5.41, 5.74) is 9.07. The van der Waals surface area contributed by atoms with Crippen molar-refractivity contribution in [3.05, 3.63) is 26.5 Å². The van der Waals surface area contributed by atoms with Gasteiger partial charge in [0.1, 0.15) is 6.04 Å². The van der Waals surface area contributed by atoms with Crippen LogP contribution >= 0.6 is 11.3 Å². The van der Waals surface area contributed by atoms with E-state index >= 15 is 0 Å². The number of aromatic nitrogens is 1. The van der Waals surface area contributed by atoms with Crippen LogP contribution in [0.25, 0.3) is 10.4 Å². The highest BCUT2D eigenvalue weighted by molar-refractivity contribution is 7.11. The van der Waals surface area contributed by atoms with E-state index in [4.69, 9.17) is 15.0 Å². The minimum Gasteiger partial charge on any atom is -0.461 e. The van der Waals surface area contributed by atoms with Crippen LogP contribution < -0.4 is 0 Å². The number of hydrogen-bond donors (Lipinski definition) is 0. The van der Waals surface area contributed by atoms with E-state index in [1.165, 1.54) is 12.5 Å². The summed E-state index contributed by atoms with van der Waals surface area (Å²) in [5, 5.41) is 5.42. The smallest absolute Gasteiger partial charge is 0.357 e. The molecule has 0 fully saturated rings. The van der Waals surface area contributed by atoms with E-state index < -0.39 is 18.1 Å². The summed E-state index contributed by atoms with van der Waals surface area (Å²) in [7, 11) is 1.53. The molecule has 1 rings (SSSR count). The zero-order valence-electron chi connectivity index (χ0n) is 19.6. The first-order valence-electron chi connectivity index (χ1n) is 10.7. The van der Waals surface area contributed by atoms with Crippen LogP contribution in [0.2, 0.25) is 0 Å². The number of azide groups is 1. The van der Waals surface area contributed by atoms with Gasteiger partial charge in [0.15, 0.2) is 16.5 Å². The molecule has 0 bridgehead atoms. The molecule has 0 aliphatic rings. The van der Waals surface area contributed by atoms with Crippen LogP contribution in [0.15, 0.2) is 10.5 Å². The van der Waals surface area contributed by atoms with Gasteiger partial charge in [0, 0.05) is 36.4 Å². The van der Waals surface area contributed by atoms with E-state index in [0.717, 1.165) is 11.3 Å². The summed E-state index contributed by atoms with van der Waals surface area (Å²) in [6.07, 6.45) is 0.682. The van der Waals surface area contributed by atoms with Gasteiger partial charge in [-0.15, -0.1) is 11.3 Å². The summed E-state index contributed by atoms with van der Waals surface area (Å²) in [6, 6.07) is -1.32. The monoisotopic (exact) mass is 467 g/mol. The molecule has 178 valence electrons. The van der Waals surface area contributed by atoms with Crippen LogP contribution in [0.1, 0.15) is 67.8 Å². The number of esters is 1. The summed E-state index contributed by atoms with van der Waals surface area (Å²) in [4.78, 5) is 46.8. The number of ketones is 1. The van der Waals surface area contributed by atoms with Crippen molar-refractivity contribution in [2.24, 2.45) is 17.0 Å². The lowest BCUT2D eigenvalue weighted by atomic mass is 9.93. The maximum absolute atomic E-state index is 13.4. The minimum atomic E-state index is -0.867. The van der Waals surface area contributed by atoms with Gasteiger partial charge in [-0.05, 0) is 24.3 Å². The molecule has 0 N–H and O–H groups in total. The molecule has 1 aromatic rings. The molecule has 1 heterocycles. The first kappa shape index (κ1) is 27.5. The predicted octanol–water partition coefficient (Wildman–Crippen LogP) is 4.12. The Balaban J connectivity index is 3.18. The number of Topliss-reactive ketones (excluding diaryl/α,β-unsaturated/α-hetero) is 1. The molecule has 0 saturated heterocycles. The third-order valence-corrected chi connectivity index (χ3v) is 6.11. The molecular weight excluding hydrogens is 434 g/mol. The number of thiazole rings is 1. The fourth-order valence-corrected chi connectivity index (χ4v) is 3.91. The van der Waals surface area contributed by atoms with Gasteiger partial charge in [0.2, 0.25) is 5.91 Å². The standard InChI is InChI=1S/C21H33N5O5S/c1-7-14(5)18(24-25-22)20(28)26(9-10-30-6)16(13(3)4)11-17(27)19-23-15(12-32-19)21(29)31-8-2/h12-14,16,18H,7-11H2,1-6H3/t14-,16?,18+/m1/s1. The number of methoxy groups -OCH3 is 1. The fraction of sp³-hybridized carbons (Fsp3) is 0.714. The van der Waals surface area contributed by atoms with Crippen LogP contribution in [-0.2, 0) is 14.3 Å². The first-order valence-corrected chi connectivity index (χ1v) is 11.6. The molecule has 10 nitrogen and oxygen atoms in total. The predicted molar refractivity (Wildman–Crippen MR) is 122 cm³/mol. The molecule has 1 amide bonds. The summed E-state index contributed by atoms with van der Waals surface area (Å²) >= 11 is 1.07. The van der Waals surface area contributed by atoms with Gasteiger partial charge < -0.3 is 14.4 Å². The number of carbonyl (C=O) groups is 3. The van der Waals surface area contributed by atoms with Gasteiger partial charge >= 0.3 is 5.97 Å². The second-order valence-electron chi connectivity index (χ2n) is 7.76. The number of amides is 1. The molecule has 0 spiro atoms. The van der Waals surface area contributed by atoms with E-state index in [1.807, 2.05) is 27.7 Å². The number of ether oxygens (including phenoxy) is 2. The van der Waals surface area contributed by atoms with Gasteiger partial charge in [0.25, 0.3) is 0 Å². The van der Waals surface area contributed by atoms with Crippen LogP contribution in [0.5, 0.6) is 0 Å². The topological polar surface area (TPSA) is 135 Å². The summed E-state index contributed by atoms with van der Waals surface area (Å²) in [6.45, 7) is 10.1. The zero-order chi connectivity index (χ0) is 24.3. The zero-order valence-corrected chi connectivity index (χ0v) is 20.4. The van der Waals surface area contributed by atoms with Crippen LogP contribution in [-0.4, -0.2) is 66.5 Å². The highest BCUT2D eigenvalue weighted by atomic mass is 32.1. The first-order chi connectivity index (χ1) is 15.2. The summed E-state index contributed by atoms with van der Waals surface area (Å²) in [5.74, 6) is -1.40. The molecule has 1 unspecified atom stereocenters. The Bertz CT molecular complexity index is 821. The number of nitrogens with zero attached hydrogens (tertiary/aromatic N) is 5. The Hall–Kier alpha value is -2.49. The van der Waals surface area contributed by atoms with Crippen LogP contribution in [0.4, 0.5) is 0 Å². The Morgan fingerprint density at radius 3 is 2.50 bits per heavy atom. The van der Waals surface area contributed by atoms with Crippen molar-refractivity contribution >= 4 is 29.0 Å². The van der Waals surface area contributed by atoms with Crippen molar-refractivity contribution in [2.75, 3.05) is 26.9 Å². The molecule has 0 aromatic carbocycles. The Kier molecular flexibility index (Phi) is 11.9. The van der Waals surface area contributed by atoms with Crippen molar-refractivity contribution in [2.45, 2.75) is 59.5 Å². The minimum absolute atomic E-state index is 0.0202. The lowest BCUT2D eigenvalue weighted by Gasteiger charge is -2.36. The maximum Gasteiger partial charge on any atom is 0.357 e. The van der Waals surface area contributed by atoms with Crippen LogP contribution in [0.3, 0.4) is 0 Å². The van der Waals surface area contributed by atoms with Crippen molar-refractivity contribution in [1.29, 1.82) is 0 Å². The van der Waals surface area contributed by atoms with Crippen molar-refractivity contribution < 1.29 is 23.9 Å². The van der Waals surface area contributed by atoms with Crippen molar-refractivity contribution in [3.8, 4) is 0 Å². The van der Waals surface area contributed by atoms with Gasteiger partial charge in [-0.3, -0.25) is 9.59 Å². The number of rotatable bonds is 14. The molecule has 0 aliphatic heterocycles. The number of hydrogen-bond acceptors (Lipinski definition) is 8. The lowest BCUT2D eigenvalue weighted by molar-refractivity contribution is -0.137. The summed E-state index contributed by atoms with van der Waals surface area (Å²) < 4.78 is 10.1. The van der Waals surface area contributed by atoms with Crippen molar-refractivity contribution in [1.82, 2.24) is 9.88 Å². The van der Waals surface area contributed by atoms with Crippen molar-refractivity contribution in [3.63, 3.8) is 0 Å². The van der Waals surface area contributed by atoms with E-state index in [9.17, 15) is 14.4 Å². The van der Waals surface area contributed by atoms with Gasteiger partial charge in [-0.2, -0.15) is 0 Å². The largest absolute Gasteiger partial charge is 0.461 e. The normalized spacial score (nSPS) is 13.7. The SMILES string of the molecule is CCOC(=O)c1csc(C(=O)CC(C(C)C)N(CCOC)C(=O)[C@@H](N=[N+]=[N-])[C@H](C)CC)n1. The molecular formula is C21H33N5O5S. The molecule has 1 aromatic heterocycles. The molecule has 32 heavy (non-hydrogen) atoms. The second kappa shape index (κ2) is 13.8. The van der Waals surface area contributed by atoms with Gasteiger partial charge in [-0.1, -0.05) is 39.2 Å². The molecule has 0 saturated carbocycles. The van der Waals surface area contributed by atoms with E-state index in [0.29, 0.717) is 6.42 Å². The average Bonchev–Trinajstić information content (AvgIpc) is 3.26. The molecule has 0 radical (unpaired) electrons. The highest BCUT2D eigenvalue weighted by Crippen LogP contribution is 2.23. The molecule has 11 heteroatoms. The lowest BCUT2D eigenvalue weighted by Crippen LogP contribution is -2.50. The van der Waals surface area contributed by atoms with Gasteiger partial charge in [-0.25, -0.2) is 9.78 Å². The fourth-order valence-electron chi connectivity index (χ4n) is 3.17. The second-order valence-corrected chi connectivity index (χ2v) is 8.61. The highest BCUT2D eigenvalue weighted by Gasteiger charge is 2.34. The third-order valence-electron chi connectivity index (χ3n) is 5.22. The third kappa shape index (κ3) is 7.58. The Labute approximate surface area is 192 Å². The van der Waals surface area contributed by atoms with Crippen LogP contribution in [0, 0.1) is 11.8 Å². The van der Waals surface area contributed by atoms with E-state index in [1.54, 1.807) is 11.8 Å². The maximum atomic E-state index is 13.4. The molecule has 0 aliphatic carbocycles. The Morgan fingerprint density at radius 2 is 1.97 bits per heavy atom. The van der Waals surface area contributed by atoms with E-state index in [-0.39, 0.29) is 60.4 Å².